The Morgan fingerprint density at radius 3 is 2.55 bits per heavy atom. The van der Waals surface area contributed by atoms with E-state index in [1.165, 1.54) is 7.11 Å². The van der Waals surface area contributed by atoms with Gasteiger partial charge in [0, 0.05) is 12.5 Å². The van der Waals surface area contributed by atoms with Gasteiger partial charge in [0.05, 0.1) is 19.1 Å². The predicted octanol–water partition coefficient (Wildman–Crippen LogP) is 2.55. The molecule has 1 fully saturated rings. The summed E-state index contributed by atoms with van der Waals surface area (Å²) >= 11 is 0. The molecule has 1 aliphatic heterocycles. The Balaban J connectivity index is 2.23. The number of nitrogens with zero attached hydrogens (tertiary/aromatic N) is 1. The van der Waals surface area contributed by atoms with Crippen molar-refractivity contribution in [3.8, 4) is 0 Å². The minimum Gasteiger partial charge on any atom is -0.469 e. The van der Waals surface area contributed by atoms with E-state index in [-0.39, 0.29) is 29.9 Å². The molecule has 0 N–H and O–H groups in total. The average molecular weight is 275 g/mol. The third kappa shape index (κ3) is 2.69. The van der Waals surface area contributed by atoms with Crippen LogP contribution in [-0.2, 0) is 14.3 Å². The van der Waals surface area contributed by atoms with Crippen LogP contribution in [0.2, 0.25) is 0 Å². The van der Waals surface area contributed by atoms with Crippen LogP contribution >= 0.6 is 0 Å². The molecule has 1 aromatic rings. The van der Waals surface area contributed by atoms with E-state index in [1.807, 2.05) is 49.1 Å². The molecule has 20 heavy (non-hydrogen) atoms. The van der Waals surface area contributed by atoms with E-state index in [9.17, 15) is 9.59 Å². The highest BCUT2D eigenvalue weighted by Gasteiger charge is 2.40. The van der Waals surface area contributed by atoms with Gasteiger partial charge in [0.25, 0.3) is 0 Å². The first kappa shape index (κ1) is 14.6. The number of esters is 1. The second-order valence-electron chi connectivity index (χ2n) is 5.31. The summed E-state index contributed by atoms with van der Waals surface area (Å²) in [5, 5.41) is 0. The van der Waals surface area contributed by atoms with E-state index in [0.29, 0.717) is 12.8 Å². The number of amides is 1. The summed E-state index contributed by atoms with van der Waals surface area (Å²) in [5.41, 5.74) is 1.09. The number of carbonyl (C=O) groups excluding carboxylic acids is 2. The Morgan fingerprint density at radius 2 is 1.95 bits per heavy atom. The fraction of sp³-hybridized carbons (Fsp3) is 0.500. The minimum atomic E-state index is -0.294. The zero-order valence-corrected chi connectivity index (χ0v) is 12.2. The Hall–Kier alpha value is -1.84. The number of hydrogen-bond acceptors (Lipinski definition) is 3. The molecule has 0 bridgehead atoms. The lowest BCUT2D eigenvalue weighted by Gasteiger charge is -2.33. The van der Waals surface area contributed by atoms with Gasteiger partial charge in [0.2, 0.25) is 5.91 Å². The predicted molar refractivity (Wildman–Crippen MR) is 75.9 cm³/mol. The van der Waals surface area contributed by atoms with Crippen LogP contribution in [-0.4, -0.2) is 29.9 Å². The lowest BCUT2D eigenvalue weighted by molar-refractivity contribution is -0.148. The molecule has 1 aromatic carbocycles. The smallest absolute Gasteiger partial charge is 0.310 e. The molecule has 0 aromatic heterocycles. The third-order valence-corrected chi connectivity index (χ3v) is 4.15. The van der Waals surface area contributed by atoms with Crippen LogP contribution in [0.15, 0.2) is 30.3 Å². The molecule has 1 saturated heterocycles. The van der Waals surface area contributed by atoms with Crippen molar-refractivity contribution in [2.24, 2.45) is 5.92 Å². The van der Waals surface area contributed by atoms with Crippen molar-refractivity contribution in [3.05, 3.63) is 35.9 Å². The van der Waals surface area contributed by atoms with Gasteiger partial charge >= 0.3 is 5.97 Å². The first-order chi connectivity index (χ1) is 9.56. The highest BCUT2D eigenvalue weighted by Crippen LogP contribution is 2.33. The second-order valence-corrected chi connectivity index (χ2v) is 5.31. The molecule has 1 amide bonds. The molecule has 0 radical (unpaired) electrons. The Bertz CT molecular complexity index is 486. The summed E-state index contributed by atoms with van der Waals surface area (Å²) in [4.78, 5) is 25.8. The van der Waals surface area contributed by atoms with Crippen LogP contribution in [0.4, 0.5) is 0 Å². The van der Waals surface area contributed by atoms with E-state index in [4.69, 9.17) is 4.74 Å². The summed E-state index contributed by atoms with van der Waals surface area (Å²) in [5.74, 6) is -0.435. The Morgan fingerprint density at radius 1 is 1.30 bits per heavy atom. The first-order valence-electron chi connectivity index (χ1n) is 7.00. The normalized spacial score (nSPS) is 21.6. The van der Waals surface area contributed by atoms with E-state index >= 15 is 0 Å². The van der Waals surface area contributed by atoms with Crippen molar-refractivity contribution in [2.45, 2.75) is 38.8 Å². The van der Waals surface area contributed by atoms with E-state index in [2.05, 4.69) is 0 Å². The summed E-state index contributed by atoms with van der Waals surface area (Å²) in [7, 11) is 1.39. The molecule has 0 aliphatic carbocycles. The van der Waals surface area contributed by atoms with Gasteiger partial charge in [0.15, 0.2) is 0 Å². The largest absolute Gasteiger partial charge is 0.469 e. The Kier molecular flexibility index (Phi) is 4.42. The molecule has 2 unspecified atom stereocenters. The molecule has 0 saturated carbocycles. The topological polar surface area (TPSA) is 46.6 Å². The van der Waals surface area contributed by atoms with Crippen molar-refractivity contribution in [2.75, 3.05) is 7.11 Å². The molecule has 1 aliphatic rings. The van der Waals surface area contributed by atoms with Crippen LogP contribution in [0.25, 0.3) is 0 Å². The van der Waals surface area contributed by atoms with Crippen LogP contribution in [0.3, 0.4) is 0 Å². The maximum absolute atomic E-state index is 12.2. The first-order valence-corrected chi connectivity index (χ1v) is 7.00. The maximum atomic E-state index is 12.2. The lowest BCUT2D eigenvalue weighted by atomic mass is 9.97. The van der Waals surface area contributed by atoms with Gasteiger partial charge in [-0.15, -0.1) is 0 Å². The van der Waals surface area contributed by atoms with E-state index in [1.54, 1.807) is 0 Å². The summed E-state index contributed by atoms with van der Waals surface area (Å²) in [6, 6.07) is 9.80. The molecule has 1 heterocycles. The third-order valence-electron chi connectivity index (χ3n) is 4.15. The highest BCUT2D eigenvalue weighted by atomic mass is 16.5. The molecule has 108 valence electrons. The molecule has 4 heteroatoms. The fourth-order valence-electron chi connectivity index (χ4n) is 2.95. The zero-order chi connectivity index (χ0) is 14.7. The molecular formula is C16H21NO3. The number of hydrogen-bond donors (Lipinski definition) is 0. The van der Waals surface area contributed by atoms with E-state index in [0.717, 1.165) is 5.56 Å². The average Bonchev–Trinajstić information content (AvgIpc) is 2.87. The van der Waals surface area contributed by atoms with Gasteiger partial charge in [-0.1, -0.05) is 30.3 Å². The summed E-state index contributed by atoms with van der Waals surface area (Å²) in [6.07, 6.45) is 1.22. The second kappa shape index (κ2) is 6.07. The van der Waals surface area contributed by atoms with Gasteiger partial charge in [0.1, 0.15) is 0 Å². The minimum absolute atomic E-state index is 0.0247. The SMILES string of the molecule is COC(=O)C(C)C1CCC(=O)N1[C@H](C)c1ccccc1. The highest BCUT2D eigenvalue weighted by molar-refractivity contribution is 5.81. The van der Waals surface area contributed by atoms with Crippen molar-refractivity contribution in [1.29, 1.82) is 0 Å². The standard InChI is InChI=1S/C16H21NO3/c1-11(16(19)20-3)14-9-10-15(18)17(14)12(2)13-7-5-4-6-8-13/h4-8,11-12,14H,9-10H2,1-3H3/t11?,12-,14?/m1/s1. The number of benzene rings is 1. The van der Waals surface area contributed by atoms with Crippen molar-refractivity contribution in [3.63, 3.8) is 0 Å². The van der Waals surface area contributed by atoms with Crippen LogP contribution in [0, 0.1) is 5.92 Å². The molecule has 4 nitrogen and oxygen atoms in total. The van der Waals surface area contributed by atoms with Gasteiger partial charge in [-0.25, -0.2) is 0 Å². The molecule has 3 atom stereocenters. The van der Waals surface area contributed by atoms with Gasteiger partial charge in [-0.2, -0.15) is 0 Å². The number of methoxy groups -OCH3 is 1. The zero-order valence-electron chi connectivity index (χ0n) is 12.2. The number of rotatable bonds is 4. The van der Waals surface area contributed by atoms with Crippen molar-refractivity contribution in [1.82, 2.24) is 4.90 Å². The van der Waals surface area contributed by atoms with Crippen molar-refractivity contribution < 1.29 is 14.3 Å². The van der Waals surface area contributed by atoms with Crippen LogP contribution < -0.4 is 0 Å². The van der Waals surface area contributed by atoms with E-state index < -0.39 is 0 Å². The fourth-order valence-corrected chi connectivity index (χ4v) is 2.95. The summed E-state index contributed by atoms with van der Waals surface area (Å²) in [6.45, 7) is 3.84. The van der Waals surface area contributed by atoms with Gasteiger partial charge in [-0.3, -0.25) is 9.59 Å². The van der Waals surface area contributed by atoms with Gasteiger partial charge < -0.3 is 9.64 Å². The quantitative estimate of drug-likeness (QED) is 0.793. The maximum Gasteiger partial charge on any atom is 0.310 e. The van der Waals surface area contributed by atoms with Crippen LogP contribution in [0.5, 0.6) is 0 Å². The lowest BCUT2D eigenvalue weighted by Crippen LogP contribution is -2.41. The van der Waals surface area contributed by atoms with Crippen LogP contribution in [0.1, 0.15) is 38.3 Å². The monoisotopic (exact) mass is 275 g/mol. The summed E-state index contributed by atoms with van der Waals surface area (Å²) < 4.78 is 4.82. The number of ether oxygens (including phenoxy) is 1. The molecular weight excluding hydrogens is 254 g/mol. The van der Waals surface area contributed by atoms with Gasteiger partial charge in [-0.05, 0) is 25.8 Å². The number of carbonyl (C=O) groups is 2. The molecule has 0 spiro atoms. The van der Waals surface area contributed by atoms with Crippen molar-refractivity contribution >= 4 is 11.9 Å². The Labute approximate surface area is 119 Å². The molecule has 2 rings (SSSR count). The number of likely N-dealkylation sites (tertiary alicyclic amines) is 1.